The molecule has 4 N–H and O–H groups in total. The van der Waals surface area contributed by atoms with E-state index in [1.54, 1.807) is 7.05 Å². The fourth-order valence-electron chi connectivity index (χ4n) is 3.21. The van der Waals surface area contributed by atoms with Gasteiger partial charge in [0.2, 0.25) is 5.95 Å². The number of rotatable bonds is 5. The molecule has 2 heterocycles. The molecular weight excluding hydrogens is 296 g/mol. The minimum atomic E-state index is -0.907. The lowest BCUT2D eigenvalue weighted by Crippen LogP contribution is -2.59. The number of nitrogen functional groups attached to an aromatic ring is 1. The Hall–Kier alpha value is -2.25. The Labute approximate surface area is 135 Å². The van der Waals surface area contributed by atoms with Crippen LogP contribution in [0.5, 0.6) is 0 Å². The molecule has 1 saturated heterocycles. The van der Waals surface area contributed by atoms with Gasteiger partial charge in [0.05, 0.1) is 6.04 Å². The van der Waals surface area contributed by atoms with Gasteiger partial charge in [-0.1, -0.05) is 12.8 Å². The predicted molar refractivity (Wildman–Crippen MR) is 88.7 cm³/mol. The summed E-state index contributed by atoms with van der Waals surface area (Å²) in [6, 6.07) is 1.89. The molecule has 8 nitrogen and oxygen atoms in total. The van der Waals surface area contributed by atoms with Crippen LogP contribution in [-0.2, 0) is 0 Å². The number of amides is 1. The molecule has 0 unspecified atom stereocenters. The van der Waals surface area contributed by atoms with Crippen molar-refractivity contribution in [2.75, 3.05) is 42.6 Å². The molecule has 0 bridgehead atoms. The Morgan fingerprint density at radius 1 is 1.43 bits per heavy atom. The summed E-state index contributed by atoms with van der Waals surface area (Å²) < 4.78 is 0. The fourth-order valence-corrected chi connectivity index (χ4v) is 3.21. The van der Waals surface area contributed by atoms with Gasteiger partial charge in [0.15, 0.2) is 0 Å². The molecule has 0 aromatic carbocycles. The van der Waals surface area contributed by atoms with Crippen molar-refractivity contribution in [3.8, 4) is 0 Å². The standard InChI is InChI=1S/C15H24N6O2/c1-20(15(22)23)11-8-21(9-11)13-6-12(18-14(16)19-13)17-7-10-4-2-3-5-10/h6,10-11H,2-5,7-9H2,1H3,(H,22,23)(H3,16,17,18,19). The van der Waals surface area contributed by atoms with E-state index in [4.69, 9.17) is 10.8 Å². The van der Waals surface area contributed by atoms with Crippen LogP contribution in [0.15, 0.2) is 6.07 Å². The largest absolute Gasteiger partial charge is 0.465 e. The van der Waals surface area contributed by atoms with Crippen molar-refractivity contribution >= 4 is 23.7 Å². The number of hydrogen-bond donors (Lipinski definition) is 3. The van der Waals surface area contributed by atoms with Crippen LogP contribution in [0.2, 0.25) is 0 Å². The van der Waals surface area contributed by atoms with Crippen molar-refractivity contribution in [3.05, 3.63) is 6.07 Å². The third-order valence-corrected chi connectivity index (χ3v) is 4.81. The molecule has 0 radical (unpaired) electrons. The van der Waals surface area contributed by atoms with Crippen LogP contribution in [0.4, 0.5) is 22.4 Å². The summed E-state index contributed by atoms with van der Waals surface area (Å²) in [6.45, 7) is 2.17. The van der Waals surface area contributed by atoms with Gasteiger partial charge in [0.1, 0.15) is 11.6 Å². The third kappa shape index (κ3) is 3.57. The van der Waals surface area contributed by atoms with Crippen molar-refractivity contribution in [1.29, 1.82) is 0 Å². The van der Waals surface area contributed by atoms with Crippen LogP contribution in [0.1, 0.15) is 25.7 Å². The second-order valence-corrected chi connectivity index (χ2v) is 6.45. The number of aromatic nitrogens is 2. The summed E-state index contributed by atoms with van der Waals surface area (Å²) in [7, 11) is 1.59. The van der Waals surface area contributed by atoms with E-state index in [1.807, 2.05) is 11.0 Å². The Morgan fingerprint density at radius 2 is 2.13 bits per heavy atom. The molecule has 1 aliphatic carbocycles. The second-order valence-electron chi connectivity index (χ2n) is 6.45. The van der Waals surface area contributed by atoms with E-state index in [0.717, 1.165) is 18.2 Å². The number of nitrogens with zero attached hydrogens (tertiary/aromatic N) is 4. The van der Waals surface area contributed by atoms with Crippen molar-refractivity contribution in [1.82, 2.24) is 14.9 Å². The van der Waals surface area contributed by atoms with E-state index >= 15 is 0 Å². The van der Waals surface area contributed by atoms with Crippen LogP contribution in [0, 0.1) is 5.92 Å². The summed E-state index contributed by atoms with van der Waals surface area (Å²) in [5.74, 6) is 2.45. The SMILES string of the molecule is CN(C(=O)O)C1CN(c2cc(NCC3CCCC3)nc(N)n2)C1. The average Bonchev–Trinajstić information content (AvgIpc) is 2.96. The minimum absolute atomic E-state index is 0.00131. The van der Waals surface area contributed by atoms with Gasteiger partial charge in [0.25, 0.3) is 0 Å². The highest BCUT2D eigenvalue weighted by Crippen LogP contribution is 2.27. The van der Waals surface area contributed by atoms with E-state index in [9.17, 15) is 4.79 Å². The predicted octanol–water partition coefficient (Wildman–Crippen LogP) is 1.46. The van der Waals surface area contributed by atoms with Gasteiger partial charge < -0.3 is 26.0 Å². The highest BCUT2D eigenvalue weighted by Gasteiger charge is 2.33. The highest BCUT2D eigenvalue weighted by molar-refractivity contribution is 5.66. The zero-order valence-corrected chi connectivity index (χ0v) is 13.4. The van der Waals surface area contributed by atoms with Gasteiger partial charge in [-0.05, 0) is 18.8 Å². The molecule has 126 valence electrons. The molecule has 1 aromatic rings. The number of nitrogens with two attached hydrogens (primary N) is 1. The summed E-state index contributed by atoms with van der Waals surface area (Å²) in [4.78, 5) is 22.8. The minimum Gasteiger partial charge on any atom is -0.465 e. The first-order valence-corrected chi connectivity index (χ1v) is 8.12. The second kappa shape index (κ2) is 6.47. The van der Waals surface area contributed by atoms with E-state index in [1.165, 1.54) is 30.6 Å². The van der Waals surface area contributed by atoms with Gasteiger partial charge in [-0.3, -0.25) is 0 Å². The van der Waals surface area contributed by atoms with Crippen molar-refractivity contribution in [3.63, 3.8) is 0 Å². The number of hydrogen-bond acceptors (Lipinski definition) is 6. The summed E-state index contributed by atoms with van der Waals surface area (Å²) in [6.07, 6.45) is 4.27. The van der Waals surface area contributed by atoms with Gasteiger partial charge >= 0.3 is 6.09 Å². The first-order chi connectivity index (χ1) is 11.0. The molecule has 0 spiro atoms. The molecular formula is C15H24N6O2. The number of anilines is 3. The van der Waals surface area contributed by atoms with Gasteiger partial charge in [-0.15, -0.1) is 0 Å². The molecule has 8 heteroatoms. The highest BCUT2D eigenvalue weighted by atomic mass is 16.4. The third-order valence-electron chi connectivity index (χ3n) is 4.81. The summed E-state index contributed by atoms with van der Waals surface area (Å²) in [5.41, 5.74) is 5.81. The van der Waals surface area contributed by atoms with E-state index in [0.29, 0.717) is 19.0 Å². The summed E-state index contributed by atoms with van der Waals surface area (Å²) in [5, 5.41) is 12.3. The van der Waals surface area contributed by atoms with Crippen LogP contribution in [-0.4, -0.2) is 58.8 Å². The maximum absolute atomic E-state index is 10.9. The van der Waals surface area contributed by atoms with E-state index in [2.05, 4.69) is 15.3 Å². The molecule has 2 fully saturated rings. The van der Waals surface area contributed by atoms with Gasteiger partial charge in [0, 0.05) is 32.7 Å². The maximum Gasteiger partial charge on any atom is 0.407 e. The fraction of sp³-hybridized carbons (Fsp3) is 0.667. The molecule has 23 heavy (non-hydrogen) atoms. The number of carbonyl (C=O) groups is 1. The van der Waals surface area contributed by atoms with Crippen LogP contribution in [0.25, 0.3) is 0 Å². The van der Waals surface area contributed by atoms with Crippen LogP contribution >= 0.6 is 0 Å². The molecule has 0 atom stereocenters. The molecule has 1 aliphatic heterocycles. The topological polar surface area (TPSA) is 108 Å². The first-order valence-electron chi connectivity index (χ1n) is 8.12. The van der Waals surface area contributed by atoms with Crippen molar-refractivity contribution in [2.45, 2.75) is 31.7 Å². The Morgan fingerprint density at radius 3 is 2.78 bits per heavy atom. The molecule has 1 saturated carbocycles. The lowest BCUT2D eigenvalue weighted by atomic mass is 10.1. The Balaban J connectivity index is 1.59. The lowest BCUT2D eigenvalue weighted by Gasteiger charge is -2.43. The lowest BCUT2D eigenvalue weighted by molar-refractivity contribution is 0.129. The number of carboxylic acid groups (broad SMARTS) is 1. The Bertz CT molecular complexity index is 569. The van der Waals surface area contributed by atoms with Crippen molar-refractivity contribution < 1.29 is 9.90 Å². The zero-order valence-electron chi connectivity index (χ0n) is 13.4. The van der Waals surface area contributed by atoms with Crippen LogP contribution < -0.4 is 16.0 Å². The van der Waals surface area contributed by atoms with E-state index in [-0.39, 0.29) is 12.0 Å². The number of nitrogens with one attached hydrogen (secondary N) is 1. The van der Waals surface area contributed by atoms with E-state index < -0.39 is 6.09 Å². The monoisotopic (exact) mass is 320 g/mol. The average molecular weight is 320 g/mol. The normalized spacial score (nSPS) is 18.7. The van der Waals surface area contributed by atoms with Gasteiger partial charge in [-0.2, -0.15) is 9.97 Å². The maximum atomic E-state index is 10.9. The first kappa shape index (κ1) is 15.6. The smallest absolute Gasteiger partial charge is 0.407 e. The van der Waals surface area contributed by atoms with Crippen molar-refractivity contribution in [2.24, 2.45) is 5.92 Å². The molecule has 1 aromatic heterocycles. The number of likely N-dealkylation sites (N-methyl/N-ethyl adjacent to an activating group) is 1. The molecule has 3 rings (SSSR count). The quantitative estimate of drug-likeness (QED) is 0.753. The summed E-state index contributed by atoms with van der Waals surface area (Å²) >= 11 is 0. The van der Waals surface area contributed by atoms with Gasteiger partial charge in [-0.25, -0.2) is 4.79 Å². The zero-order chi connectivity index (χ0) is 16.4. The molecule has 1 amide bonds. The van der Waals surface area contributed by atoms with Crippen LogP contribution in [0.3, 0.4) is 0 Å². The molecule has 2 aliphatic rings. The Kier molecular flexibility index (Phi) is 4.40.